The second-order valence-electron chi connectivity index (χ2n) is 5.87. The van der Waals surface area contributed by atoms with Crippen LogP contribution in [0.1, 0.15) is 34.5 Å². The highest BCUT2D eigenvalue weighted by Gasteiger charge is 2.31. The summed E-state index contributed by atoms with van der Waals surface area (Å²) < 4.78 is 10.6. The Morgan fingerprint density at radius 3 is 2.61 bits per heavy atom. The van der Waals surface area contributed by atoms with Crippen LogP contribution in [0.25, 0.3) is 0 Å². The number of ether oxygens (including phenoxy) is 2. The van der Waals surface area contributed by atoms with Crippen LogP contribution in [0.4, 0.5) is 0 Å². The van der Waals surface area contributed by atoms with Crippen LogP contribution in [-0.2, 0) is 6.42 Å². The molecule has 120 valence electrons. The molecule has 0 bridgehead atoms. The maximum absolute atomic E-state index is 12.8. The molecule has 1 aliphatic rings. The maximum atomic E-state index is 12.8. The van der Waals surface area contributed by atoms with Crippen molar-refractivity contribution in [2.45, 2.75) is 19.4 Å². The number of carbonyl (C=O) groups excluding carboxylic acids is 1. The van der Waals surface area contributed by atoms with Crippen molar-refractivity contribution in [3.05, 3.63) is 59.2 Å². The Morgan fingerprint density at radius 2 is 1.87 bits per heavy atom. The molecule has 0 fully saturated rings. The van der Waals surface area contributed by atoms with E-state index in [0.717, 1.165) is 6.42 Å². The van der Waals surface area contributed by atoms with Crippen molar-refractivity contribution < 1.29 is 14.3 Å². The van der Waals surface area contributed by atoms with Crippen LogP contribution in [0, 0.1) is 5.92 Å². The van der Waals surface area contributed by atoms with E-state index in [2.05, 4.69) is 24.4 Å². The van der Waals surface area contributed by atoms with E-state index in [9.17, 15) is 4.79 Å². The van der Waals surface area contributed by atoms with E-state index in [4.69, 9.17) is 9.47 Å². The lowest BCUT2D eigenvalue weighted by Gasteiger charge is -2.20. The van der Waals surface area contributed by atoms with Gasteiger partial charge >= 0.3 is 0 Å². The fourth-order valence-corrected chi connectivity index (χ4v) is 3.30. The van der Waals surface area contributed by atoms with Gasteiger partial charge in [0.05, 0.1) is 25.8 Å². The van der Waals surface area contributed by atoms with E-state index in [1.807, 2.05) is 12.1 Å². The van der Waals surface area contributed by atoms with Gasteiger partial charge in [-0.25, -0.2) is 0 Å². The number of amides is 1. The zero-order valence-corrected chi connectivity index (χ0v) is 13.6. The van der Waals surface area contributed by atoms with Crippen LogP contribution in [0.3, 0.4) is 0 Å². The zero-order chi connectivity index (χ0) is 16.4. The van der Waals surface area contributed by atoms with Crippen LogP contribution < -0.4 is 14.8 Å². The molecule has 23 heavy (non-hydrogen) atoms. The highest BCUT2D eigenvalue weighted by Crippen LogP contribution is 2.37. The largest absolute Gasteiger partial charge is 0.493 e. The Kier molecular flexibility index (Phi) is 4.24. The van der Waals surface area contributed by atoms with Crippen molar-refractivity contribution in [1.82, 2.24) is 5.32 Å². The number of hydrogen-bond donors (Lipinski definition) is 1. The second-order valence-corrected chi connectivity index (χ2v) is 5.87. The van der Waals surface area contributed by atoms with Crippen molar-refractivity contribution in [3.63, 3.8) is 0 Å². The molecule has 0 spiro atoms. The van der Waals surface area contributed by atoms with Gasteiger partial charge < -0.3 is 14.8 Å². The molecule has 0 saturated carbocycles. The first-order valence-electron chi connectivity index (χ1n) is 7.75. The molecule has 0 radical (unpaired) electrons. The van der Waals surface area contributed by atoms with Crippen molar-refractivity contribution >= 4 is 5.91 Å². The van der Waals surface area contributed by atoms with Crippen LogP contribution >= 0.6 is 0 Å². The molecule has 3 rings (SSSR count). The third-order valence-corrected chi connectivity index (χ3v) is 4.44. The second kappa shape index (κ2) is 6.32. The molecule has 2 atom stereocenters. The topological polar surface area (TPSA) is 47.6 Å². The molecule has 4 nitrogen and oxygen atoms in total. The fourth-order valence-electron chi connectivity index (χ4n) is 3.30. The first kappa shape index (κ1) is 15.4. The Labute approximate surface area is 136 Å². The molecule has 2 aromatic carbocycles. The summed E-state index contributed by atoms with van der Waals surface area (Å²) in [5, 5.41) is 3.15. The minimum atomic E-state index is -0.144. The third kappa shape index (κ3) is 2.77. The monoisotopic (exact) mass is 311 g/mol. The van der Waals surface area contributed by atoms with Gasteiger partial charge in [0, 0.05) is 0 Å². The molecule has 1 aliphatic carbocycles. The molecule has 0 heterocycles. The smallest absolute Gasteiger partial charge is 0.255 e. The molecule has 0 aromatic heterocycles. The van der Waals surface area contributed by atoms with E-state index >= 15 is 0 Å². The molecule has 0 aliphatic heterocycles. The molecule has 4 heteroatoms. The molecule has 2 aromatic rings. The molecule has 0 saturated heterocycles. The van der Waals surface area contributed by atoms with Gasteiger partial charge in [0.25, 0.3) is 5.91 Å². The van der Waals surface area contributed by atoms with Gasteiger partial charge in [0.1, 0.15) is 0 Å². The number of rotatable bonds is 4. The van der Waals surface area contributed by atoms with Crippen LogP contribution in [0.5, 0.6) is 11.5 Å². The van der Waals surface area contributed by atoms with Crippen LogP contribution in [0.2, 0.25) is 0 Å². The molecule has 1 N–H and O–H groups in total. The summed E-state index contributed by atoms with van der Waals surface area (Å²) >= 11 is 0. The lowest BCUT2D eigenvalue weighted by molar-refractivity contribution is 0.0923. The number of fused-ring (bicyclic) bond motifs is 1. The van der Waals surface area contributed by atoms with Crippen molar-refractivity contribution in [1.29, 1.82) is 0 Å². The number of benzene rings is 2. The van der Waals surface area contributed by atoms with Crippen LogP contribution in [0.15, 0.2) is 42.5 Å². The number of para-hydroxylation sites is 1. The number of hydrogen-bond acceptors (Lipinski definition) is 3. The lowest BCUT2D eigenvalue weighted by atomic mass is 10.0. The Balaban J connectivity index is 1.88. The summed E-state index contributed by atoms with van der Waals surface area (Å²) in [6.45, 7) is 2.16. The van der Waals surface area contributed by atoms with Gasteiger partial charge in [-0.2, -0.15) is 0 Å². The normalized spacial score (nSPS) is 19.1. The van der Waals surface area contributed by atoms with Gasteiger partial charge in [-0.15, -0.1) is 0 Å². The van der Waals surface area contributed by atoms with E-state index < -0.39 is 0 Å². The van der Waals surface area contributed by atoms with E-state index in [0.29, 0.717) is 23.0 Å². The first-order valence-corrected chi connectivity index (χ1v) is 7.75. The van der Waals surface area contributed by atoms with E-state index in [-0.39, 0.29) is 11.9 Å². The zero-order valence-electron chi connectivity index (χ0n) is 13.6. The highest BCUT2D eigenvalue weighted by molar-refractivity contribution is 5.98. The summed E-state index contributed by atoms with van der Waals surface area (Å²) in [5.41, 5.74) is 3.00. The maximum Gasteiger partial charge on any atom is 0.255 e. The Morgan fingerprint density at radius 1 is 1.09 bits per heavy atom. The first-order chi connectivity index (χ1) is 11.2. The molecule has 2 unspecified atom stereocenters. The highest BCUT2D eigenvalue weighted by atomic mass is 16.5. The Hall–Kier alpha value is -2.49. The number of methoxy groups -OCH3 is 2. The minimum absolute atomic E-state index is 0.0228. The summed E-state index contributed by atoms with van der Waals surface area (Å²) in [5.74, 6) is 1.24. The van der Waals surface area contributed by atoms with E-state index in [1.54, 1.807) is 32.4 Å². The standard InChI is InChI=1S/C19H21NO3/c1-12-11-13-7-4-5-8-14(13)17(12)20-19(21)15-9-6-10-16(22-2)18(15)23-3/h4-10,12,17H,11H2,1-3H3,(H,20,21). The van der Waals surface area contributed by atoms with Crippen molar-refractivity contribution in [3.8, 4) is 11.5 Å². The molecular formula is C19H21NO3. The third-order valence-electron chi connectivity index (χ3n) is 4.44. The minimum Gasteiger partial charge on any atom is -0.493 e. The summed E-state index contributed by atoms with van der Waals surface area (Å²) in [7, 11) is 3.11. The summed E-state index contributed by atoms with van der Waals surface area (Å²) in [4.78, 5) is 12.8. The number of nitrogens with one attached hydrogen (secondary N) is 1. The summed E-state index contributed by atoms with van der Waals surface area (Å²) in [6, 6.07) is 13.6. The van der Waals surface area contributed by atoms with Gasteiger partial charge in [-0.1, -0.05) is 37.3 Å². The van der Waals surface area contributed by atoms with Gasteiger partial charge in [-0.3, -0.25) is 4.79 Å². The van der Waals surface area contributed by atoms with Crippen LogP contribution in [-0.4, -0.2) is 20.1 Å². The van der Waals surface area contributed by atoms with Gasteiger partial charge in [0.2, 0.25) is 0 Å². The predicted molar refractivity (Wildman–Crippen MR) is 89.1 cm³/mol. The van der Waals surface area contributed by atoms with Crippen molar-refractivity contribution in [2.24, 2.45) is 5.92 Å². The fraction of sp³-hybridized carbons (Fsp3) is 0.316. The molecule has 1 amide bonds. The number of carbonyl (C=O) groups is 1. The van der Waals surface area contributed by atoms with E-state index in [1.165, 1.54) is 11.1 Å². The average molecular weight is 311 g/mol. The van der Waals surface area contributed by atoms with Gasteiger partial charge in [0.15, 0.2) is 11.5 Å². The Bertz CT molecular complexity index is 726. The molecular weight excluding hydrogens is 290 g/mol. The SMILES string of the molecule is COc1cccc(C(=O)NC2c3ccccc3CC2C)c1OC. The summed E-state index contributed by atoms with van der Waals surface area (Å²) in [6.07, 6.45) is 0.983. The van der Waals surface area contributed by atoms with Gasteiger partial charge in [-0.05, 0) is 35.6 Å². The lowest BCUT2D eigenvalue weighted by Crippen LogP contribution is -2.30. The average Bonchev–Trinajstić information content (AvgIpc) is 2.89. The van der Waals surface area contributed by atoms with Crippen molar-refractivity contribution in [2.75, 3.05) is 14.2 Å². The quantitative estimate of drug-likeness (QED) is 0.942. The predicted octanol–water partition coefficient (Wildman–Crippen LogP) is 3.37.